The van der Waals surface area contributed by atoms with E-state index in [4.69, 9.17) is 9.47 Å². The third kappa shape index (κ3) is 4.97. The highest BCUT2D eigenvalue weighted by Crippen LogP contribution is 2.32. The maximum atomic E-state index is 14.7. The predicted octanol–water partition coefficient (Wildman–Crippen LogP) is 4.95. The van der Waals surface area contributed by atoms with Crippen LogP contribution in [0.25, 0.3) is 0 Å². The highest BCUT2D eigenvalue weighted by molar-refractivity contribution is 9.10. The fourth-order valence-corrected chi connectivity index (χ4v) is 3.12. The van der Waals surface area contributed by atoms with Gasteiger partial charge in [-0.1, -0.05) is 41.9 Å². The molecule has 0 atom stereocenters. The number of hydrogen-bond acceptors (Lipinski definition) is 4. The molecule has 0 saturated heterocycles. The van der Waals surface area contributed by atoms with Gasteiger partial charge in [0.05, 0.1) is 6.61 Å². The molecule has 0 saturated carbocycles. The third-order valence-corrected chi connectivity index (χ3v) is 4.62. The van der Waals surface area contributed by atoms with E-state index in [1.165, 1.54) is 6.07 Å². The lowest BCUT2D eigenvalue weighted by molar-refractivity contribution is -0.145. The summed E-state index contributed by atoms with van der Waals surface area (Å²) in [6.45, 7) is 5.56. The number of carbonyl (C=O) groups is 1. The lowest BCUT2D eigenvalue weighted by Crippen LogP contribution is -2.14. The molecule has 1 N–H and O–H groups in total. The molecule has 6 heteroatoms. The van der Waals surface area contributed by atoms with Crippen molar-refractivity contribution >= 4 is 21.9 Å². The summed E-state index contributed by atoms with van der Waals surface area (Å²) < 4.78 is 25.7. The van der Waals surface area contributed by atoms with E-state index in [-0.39, 0.29) is 24.1 Å². The van der Waals surface area contributed by atoms with Crippen LogP contribution in [0.4, 0.5) is 4.39 Å². The van der Waals surface area contributed by atoms with E-state index in [2.05, 4.69) is 15.9 Å². The number of hydrogen-bond donors (Lipinski definition) is 1. The molecule has 0 spiro atoms. The van der Waals surface area contributed by atoms with Crippen LogP contribution in [0.3, 0.4) is 0 Å². The van der Waals surface area contributed by atoms with Gasteiger partial charge in [0.15, 0.2) is 6.61 Å². The summed E-state index contributed by atoms with van der Waals surface area (Å²) in [6, 6.07) is 8.38. The lowest BCUT2D eigenvalue weighted by atomic mass is 9.95. The molecule has 0 heterocycles. The van der Waals surface area contributed by atoms with Crippen molar-refractivity contribution in [3.63, 3.8) is 0 Å². The van der Waals surface area contributed by atoms with Crippen LogP contribution in [0, 0.1) is 5.82 Å². The number of esters is 1. The zero-order chi connectivity index (χ0) is 19.3. The van der Waals surface area contributed by atoms with Crippen molar-refractivity contribution in [3.05, 3.63) is 57.3 Å². The summed E-state index contributed by atoms with van der Waals surface area (Å²) in [5.41, 5.74) is 1.70. The molecule has 0 bridgehead atoms. The number of rotatable bonds is 7. The molecule has 0 aliphatic heterocycles. The zero-order valence-corrected chi connectivity index (χ0v) is 16.6. The van der Waals surface area contributed by atoms with E-state index >= 15 is 0 Å². The normalized spacial score (nSPS) is 10.8. The van der Waals surface area contributed by atoms with Crippen LogP contribution in [0.5, 0.6) is 11.5 Å². The van der Waals surface area contributed by atoms with Crippen molar-refractivity contribution in [1.82, 2.24) is 0 Å². The van der Waals surface area contributed by atoms with Gasteiger partial charge < -0.3 is 14.6 Å². The highest BCUT2D eigenvalue weighted by atomic mass is 79.9. The van der Waals surface area contributed by atoms with E-state index < -0.39 is 5.97 Å². The van der Waals surface area contributed by atoms with Crippen molar-refractivity contribution in [3.8, 4) is 11.5 Å². The first-order chi connectivity index (χ1) is 12.3. The van der Waals surface area contributed by atoms with Crippen LogP contribution in [0.1, 0.15) is 43.4 Å². The molecule has 0 aliphatic rings. The molecule has 0 unspecified atom stereocenters. The summed E-state index contributed by atoms with van der Waals surface area (Å²) in [4.78, 5) is 11.3. The van der Waals surface area contributed by atoms with Crippen molar-refractivity contribution in [2.24, 2.45) is 0 Å². The molecule has 4 nitrogen and oxygen atoms in total. The summed E-state index contributed by atoms with van der Waals surface area (Å²) in [5, 5.41) is 9.88. The molecule has 140 valence electrons. The minimum atomic E-state index is -0.430. The molecule has 0 fully saturated rings. The Bertz CT molecular complexity index is 790. The first kappa shape index (κ1) is 20.2. The number of benzene rings is 2. The fourth-order valence-electron chi connectivity index (χ4n) is 2.62. The Morgan fingerprint density at radius 3 is 2.54 bits per heavy atom. The van der Waals surface area contributed by atoms with Gasteiger partial charge in [-0.25, -0.2) is 9.18 Å². The topological polar surface area (TPSA) is 55.8 Å². The summed E-state index contributed by atoms with van der Waals surface area (Å²) in [7, 11) is 0. The van der Waals surface area contributed by atoms with Crippen molar-refractivity contribution in [2.45, 2.75) is 33.1 Å². The highest BCUT2D eigenvalue weighted by Gasteiger charge is 2.17. The van der Waals surface area contributed by atoms with Gasteiger partial charge >= 0.3 is 5.97 Å². The van der Waals surface area contributed by atoms with Gasteiger partial charge in [-0.2, -0.15) is 0 Å². The Kier molecular flexibility index (Phi) is 7.03. The molecule has 0 aromatic heterocycles. The number of ether oxygens (including phenoxy) is 2. The molecular formula is C20H22BrFO4. The van der Waals surface area contributed by atoms with E-state index in [1.54, 1.807) is 25.1 Å². The van der Waals surface area contributed by atoms with E-state index in [1.807, 2.05) is 19.9 Å². The van der Waals surface area contributed by atoms with E-state index in [0.29, 0.717) is 29.9 Å². The fraction of sp³-hybridized carbons (Fsp3) is 0.350. The Morgan fingerprint density at radius 1 is 1.23 bits per heavy atom. The van der Waals surface area contributed by atoms with Crippen LogP contribution in [0.15, 0.2) is 34.8 Å². The minimum Gasteiger partial charge on any atom is -0.508 e. The standard InChI is InChI=1S/C20H22BrFO4/c1-4-25-18(24)11-26-15-7-5-13(16(21)10-15)9-14-6-8-17(23)19(12(2)3)20(14)22/h5-8,10,12,23H,4,9,11H2,1-3H3. The molecule has 2 aromatic rings. The summed E-state index contributed by atoms with van der Waals surface area (Å²) >= 11 is 3.46. The van der Waals surface area contributed by atoms with Gasteiger partial charge in [-0.05, 0) is 42.2 Å². The van der Waals surface area contributed by atoms with Crippen molar-refractivity contribution < 1.29 is 23.8 Å². The maximum Gasteiger partial charge on any atom is 0.344 e. The second-order valence-corrected chi connectivity index (χ2v) is 7.00. The first-order valence-corrected chi connectivity index (χ1v) is 9.19. The van der Waals surface area contributed by atoms with Crippen LogP contribution < -0.4 is 4.74 Å². The molecule has 0 aliphatic carbocycles. The maximum absolute atomic E-state index is 14.7. The van der Waals surface area contributed by atoms with E-state index in [9.17, 15) is 14.3 Å². The summed E-state index contributed by atoms with van der Waals surface area (Å²) in [5.74, 6) is -0.433. The predicted molar refractivity (Wildman–Crippen MR) is 101 cm³/mol. The number of carbonyl (C=O) groups excluding carboxylic acids is 1. The van der Waals surface area contributed by atoms with Gasteiger partial charge in [0.2, 0.25) is 0 Å². The minimum absolute atomic E-state index is 0.0250. The molecule has 2 aromatic carbocycles. The second kappa shape index (κ2) is 9.03. The first-order valence-electron chi connectivity index (χ1n) is 8.40. The Balaban J connectivity index is 2.16. The van der Waals surface area contributed by atoms with Gasteiger partial charge in [-0.3, -0.25) is 0 Å². The number of phenols is 1. The van der Waals surface area contributed by atoms with E-state index in [0.717, 1.165) is 10.0 Å². The summed E-state index contributed by atoms with van der Waals surface area (Å²) in [6.07, 6.45) is 0.366. The van der Waals surface area contributed by atoms with Gasteiger partial charge in [0.1, 0.15) is 17.3 Å². The van der Waals surface area contributed by atoms with Gasteiger partial charge in [0, 0.05) is 16.5 Å². The van der Waals surface area contributed by atoms with Gasteiger partial charge in [-0.15, -0.1) is 0 Å². The average Bonchev–Trinajstić information content (AvgIpc) is 2.57. The van der Waals surface area contributed by atoms with Crippen molar-refractivity contribution in [2.75, 3.05) is 13.2 Å². The SMILES string of the molecule is CCOC(=O)COc1ccc(Cc2ccc(O)c(C(C)C)c2F)c(Br)c1. The lowest BCUT2D eigenvalue weighted by Gasteiger charge is -2.14. The number of aromatic hydroxyl groups is 1. The van der Waals surface area contributed by atoms with Crippen molar-refractivity contribution in [1.29, 1.82) is 0 Å². The van der Waals surface area contributed by atoms with Crippen LogP contribution in [0.2, 0.25) is 0 Å². The Morgan fingerprint density at radius 2 is 1.92 bits per heavy atom. The largest absolute Gasteiger partial charge is 0.508 e. The van der Waals surface area contributed by atoms with Crippen LogP contribution in [-0.4, -0.2) is 24.3 Å². The average molecular weight is 425 g/mol. The Hall–Kier alpha value is -2.08. The van der Waals surface area contributed by atoms with Gasteiger partial charge in [0.25, 0.3) is 0 Å². The molecule has 26 heavy (non-hydrogen) atoms. The van der Waals surface area contributed by atoms with Crippen LogP contribution >= 0.6 is 15.9 Å². The zero-order valence-electron chi connectivity index (χ0n) is 15.0. The molecular weight excluding hydrogens is 403 g/mol. The molecule has 0 radical (unpaired) electrons. The Labute approximate surface area is 161 Å². The number of halogens is 2. The van der Waals surface area contributed by atoms with Crippen LogP contribution in [-0.2, 0) is 16.0 Å². The second-order valence-electron chi connectivity index (χ2n) is 6.15. The molecule has 0 amide bonds. The monoisotopic (exact) mass is 424 g/mol. The smallest absolute Gasteiger partial charge is 0.344 e. The number of phenolic OH excluding ortho intramolecular Hbond substituents is 1. The molecule has 2 rings (SSSR count). The quantitative estimate of drug-likeness (QED) is 0.638. The third-order valence-electron chi connectivity index (χ3n) is 3.88.